The fraction of sp³-hybridized carbons (Fsp3) is 0.310. The Morgan fingerprint density at radius 1 is 0.974 bits per heavy atom. The van der Waals surface area contributed by atoms with Gasteiger partial charge in [-0.2, -0.15) is 0 Å². The third kappa shape index (κ3) is 7.22. The molecular weight excluding hydrogens is 545 g/mol. The largest absolute Gasteiger partial charge is 0.496 e. The van der Waals surface area contributed by atoms with Crippen LogP contribution in [0.2, 0.25) is 10.0 Å². The average molecular weight is 576 g/mol. The predicted octanol–water partition coefficient (Wildman–Crippen LogP) is 5.69. The number of amides is 1. The Hall–Kier alpha value is -3.30. The van der Waals surface area contributed by atoms with Crippen molar-refractivity contribution in [3.8, 4) is 22.6 Å². The van der Waals surface area contributed by atoms with Crippen LogP contribution in [0.1, 0.15) is 47.0 Å². The summed E-state index contributed by atoms with van der Waals surface area (Å²) in [6.07, 6.45) is -0.956. The molecule has 8 nitrogen and oxygen atoms in total. The molecule has 10 heteroatoms. The highest BCUT2D eigenvalue weighted by Crippen LogP contribution is 2.43. The van der Waals surface area contributed by atoms with Crippen LogP contribution in [0.3, 0.4) is 0 Å². The number of hydrogen-bond acceptors (Lipinski definition) is 6. The van der Waals surface area contributed by atoms with Crippen LogP contribution in [-0.4, -0.2) is 49.0 Å². The number of benzene rings is 3. The Bertz CT molecular complexity index is 1300. The van der Waals surface area contributed by atoms with Crippen molar-refractivity contribution in [2.45, 2.75) is 39.0 Å². The van der Waals surface area contributed by atoms with E-state index >= 15 is 0 Å². The van der Waals surface area contributed by atoms with E-state index in [0.717, 1.165) is 5.56 Å². The standard InChI is InChI=1S/C29H31Cl2NO7/c1-5-39-15-18-13-24(37-3)26(25(14-18)38-4)19-10-9-17(11-20(19)16(2)33)12-23(29(35)36)32-28(34)27-21(30)7-6-8-22(27)31/h6-11,13-14,16,23,33H,5,12,15H2,1-4H3,(H,32,34)(H,35,36)/t16?,23-/m0/s1. The summed E-state index contributed by atoms with van der Waals surface area (Å²) in [5.41, 5.74) is 3.27. The lowest BCUT2D eigenvalue weighted by atomic mass is 9.91. The van der Waals surface area contributed by atoms with Crippen molar-refractivity contribution < 1.29 is 34.0 Å². The number of halogens is 2. The van der Waals surface area contributed by atoms with Gasteiger partial charge in [-0.3, -0.25) is 4.79 Å². The third-order valence-electron chi connectivity index (χ3n) is 6.11. The van der Waals surface area contributed by atoms with Crippen LogP contribution in [0.4, 0.5) is 0 Å². The summed E-state index contributed by atoms with van der Waals surface area (Å²) >= 11 is 12.2. The van der Waals surface area contributed by atoms with Crippen molar-refractivity contribution in [1.82, 2.24) is 5.32 Å². The zero-order chi connectivity index (χ0) is 28.7. The molecule has 0 aliphatic carbocycles. The highest BCUT2D eigenvalue weighted by atomic mass is 35.5. The van der Waals surface area contributed by atoms with Crippen LogP contribution in [-0.2, 0) is 22.6 Å². The number of nitrogens with one attached hydrogen (secondary N) is 1. The number of carboxylic acids is 1. The van der Waals surface area contributed by atoms with E-state index < -0.39 is 24.0 Å². The van der Waals surface area contributed by atoms with Gasteiger partial charge < -0.3 is 29.7 Å². The summed E-state index contributed by atoms with van der Waals surface area (Å²) in [5.74, 6) is -0.869. The highest BCUT2D eigenvalue weighted by Gasteiger charge is 2.25. The van der Waals surface area contributed by atoms with E-state index in [-0.39, 0.29) is 22.0 Å². The molecule has 3 aromatic carbocycles. The van der Waals surface area contributed by atoms with Crippen LogP contribution in [0.25, 0.3) is 11.1 Å². The quantitative estimate of drug-likeness (QED) is 0.254. The van der Waals surface area contributed by atoms with Crippen LogP contribution >= 0.6 is 23.2 Å². The van der Waals surface area contributed by atoms with Gasteiger partial charge in [-0.1, -0.05) is 47.5 Å². The highest BCUT2D eigenvalue weighted by molar-refractivity contribution is 6.39. The number of carbonyl (C=O) groups is 2. The van der Waals surface area contributed by atoms with Gasteiger partial charge in [-0.15, -0.1) is 0 Å². The monoisotopic (exact) mass is 575 g/mol. The SMILES string of the molecule is CCOCc1cc(OC)c(-c2ccc(C[C@H](NC(=O)c3c(Cl)cccc3Cl)C(=O)O)cc2C(C)O)c(OC)c1. The number of methoxy groups -OCH3 is 2. The summed E-state index contributed by atoms with van der Waals surface area (Å²) in [5, 5.41) is 23.2. The zero-order valence-electron chi connectivity index (χ0n) is 22.1. The van der Waals surface area contributed by atoms with Gasteiger partial charge in [-0.25, -0.2) is 4.79 Å². The smallest absolute Gasteiger partial charge is 0.326 e. The molecule has 0 aromatic heterocycles. The molecule has 3 rings (SSSR count). The Morgan fingerprint density at radius 3 is 2.10 bits per heavy atom. The van der Waals surface area contributed by atoms with E-state index in [4.69, 9.17) is 37.4 Å². The molecule has 2 atom stereocenters. The molecular formula is C29H31Cl2NO7. The molecule has 0 bridgehead atoms. The van der Waals surface area contributed by atoms with Gasteiger partial charge in [0.1, 0.15) is 17.5 Å². The van der Waals surface area contributed by atoms with Crippen LogP contribution in [0, 0.1) is 0 Å². The Morgan fingerprint density at radius 2 is 1.59 bits per heavy atom. The number of aliphatic carboxylic acids is 1. The lowest BCUT2D eigenvalue weighted by molar-refractivity contribution is -0.139. The molecule has 3 aromatic rings. The second-order valence-corrected chi connectivity index (χ2v) is 9.59. The molecule has 0 spiro atoms. The normalized spacial score (nSPS) is 12.5. The second-order valence-electron chi connectivity index (χ2n) is 8.78. The van der Waals surface area contributed by atoms with Gasteiger partial charge in [0, 0.05) is 13.0 Å². The maximum atomic E-state index is 12.8. The molecule has 0 radical (unpaired) electrons. The van der Waals surface area contributed by atoms with Gasteiger partial charge in [0.05, 0.1) is 48.1 Å². The molecule has 0 saturated carbocycles. The predicted molar refractivity (Wildman–Crippen MR) is 150 cm³/mol. The summed E-state index contributed by atoms with van der Waals surface area (Å²) in [4.78, 5) is 24.9. The fourth-order valence-corrected chi connectivity index (χ4v) is 4.80. The summed E-state index contributed by atoms with van der Waals surface area (Å²) in [6, 6.07) is 12.2. The van der Waals surface area contributed by atoms with Crippen molar-refractivity contribution in [3.05, 3.63) is 80.8 Å². The van der Waals surface area contributed by atoms with E-state index in [9.17, 15) is 19.8 Å². The Kier molecular flexibility index (Phi) is 10.6. The fourth-order valence-electron chi connectivity index (χ4n) is 4.23. The second kappa shape index (κ2) is 13.7. The van der Waals surface area contributed by atoms with Crippen molar-refractivity contribution in [1.29, 1.82) is 0 Å². The van der Waals surface area contributed by atoms with Gasteiger partial charge in [0.15, 0.2) is 0 Å². The van der Waals surface area contributed by atoms with E-state index in [0.29, 0.717) is 47.0 Å². The number of carboxylic acid groups (broad SMARTS) is 1. The minimum absolute atomic E-state index is 0.000857. The van der Waals surface area contributed by atoms with E-state index in [1.807, 2.05) is 19.1 Å². The molecule has 3 N–H and O–H groups in total. The van der Waals surface area contributed by atoms with Gasteiger partial charge in [0.25, 0.3) is 5.91 Å². The van der Waals surface area contributed by atoms with E-state index in [2.05, 4.69) is 5.32 Å². The zero-order valence-corrected chi connectivity index (χ0v) is 23.6. The Balaban J connectivity index is 1.98. The average Bonchev–Trinajstić information content (AvgIpc) is 2.90. The summed E-state index contributed by atoms with van der Waals surface area (Å²) in [6.45, 7) is 4.46. The first kappa shape index (κ1) is 30.2. The topological polar surface area (TPSA) is 114 Å². The molecule has 0 saturated heterocycles. The Labute approximate surface area is 237 Å². The van der Waals surface area contributed by atoms with Crippen molar-refractivity contribution in [2.75, 3.05) is 20.8 Å². The molecule has 0 aliphatic heterocycles. The van der Waals surface area contributed by atoms with Crippen molar-refractivity contribution in [2.24, 2.45) is 0 Å². The number of aliphatic hydroxyl groups is 1. The lowest BCUT2D eigenvalue weighted by Crippen LogP contribution is -2.42. The molecule has 1 amide bonds. The maximum Gasteiger partial charge on any atom is 0.326 e. The van der Waals surface area contributed by atoms with Crippen LogP contribution in [0.5, 0.6) is 11.5 Å². The van der Waals surface area contributed by atoms with Gasteiger partial charge in [0.2, 0.25) is 0 Å². The molecule has 39 heavy (non-hydrogen) atoms. The maximum absolute atomic E-state index is 12.8. The number of rotatable bonds is 12. The number of aliphatic hydroxyl groups excluding tert-OH is 1. The van der Waals surface area contributed by atoms with Gasteiger partial charge >= 0.3 is 5.97 Å². The molecule has 1 unspecified atom stereocenters. The number of carbonyl (C=O) groups excluding carboxylic acids is 1. The van der Waals surface area contributed by atoms with Crippen molar-refractivity contribution in [3.63, 3.8) is 0 Å². The van der Waals surface area contributed by atoms with E-state index in [1.54, 1.807) is 45.4 Å². The first-order valence-electron chi connectivity index (χ1n) is 12.2. The summed E-state index contributed by atoms with van der Waals surface area (Å²) in [7, 11) is 3.09. The molecule has 0 aliphatic rings. The lowest BCUT2D eigenvalue weighted by Gasteiger charge is -2.21. The number of ether oxygens (including phenoxy) is 3. The van der Waals surface area contributed by atoms with Crippen LogP contribution in [0.15, 0.2) is 48.5 Å². The first-order chi connectivity index (χ1) is 18.6. The minimum Gasteiger partial charge on any atom is -0.496 e. The first-order valence-corrected chi connectivity index (χ1v) is 13.0. The molecule has 0 heterocycles. The van der Waals surface area contributed by atoms with E-state index in [1.165, 1.54) is 12.1 Å². The van der Waals surface area contributed by atoms with Gasteiger partial charge in [-0.05, 0) is 60.4 Å². The number of hydrogen-bond donors (Lipinski definition) is 3. The molecule has 208 valence electrons. The third-order valence-corrected chi connectivity index (χ3v) is 6.74. The van der Waals surface area contributed by atoms with Crippen molar-refractivity contribution >= 4 is 35.1 Å². The summed E-state index contributed by atoms with van der Waals surface area (Å²) < 4.78 is 16.9. The van der Waals surface area contributed by atoms with Crippen LogP contribution < -0.4 is 14.8 Å². The minimum atomic E-state index is -1.28. The molecule has 0 fully saturated rings.